The molecule has 0 heterocycles. The Kier molecular flexibility index (Phi) is 6.02. The molecule has 1 N–H and O–H groups in total. The molecule has 0 amide bonds. The summed E-state index contributed by atoms with van der Waals surface area (Å²) in [6, 6.07) is 7.38. The van der Waals surface area contributed by atoms with Gasteiger partial charge in [-0.2, -0.15) is 13.2 Å². The largest absolute Gasteiger partial charge is 0.389 e. The van der Waals surface area contributed by atoms with E-state index in [-0.39, 0.29) is 12.5 Å². The Morgan fingerprint density at radius 2 is 1.94 bits per heavy atom. The third-order valence-corrected chi connectivity index (χ3v) is 3.49. The van der Waals surface area contributed by atoms with Gasteiger partial charge in [0.1, 0.15) is 0 Å². The first-order chi connectivity index (χ1) is 8.48. The van der Waals surface area contributed by atoms with Crippen LogP contribution in [0.3, 0.4) is 0 Å². The van der Waals surface area contributed by atoms with Crippen LogP contribution in [-0.4, -0.2) is 19.0 Å². The van der Waals surface area contributed by atoms with Gasteiger partial charge < -0.3 is 5.32 Å². The van der Waals surface area contributed by atoms with E-state index in [2.05, 4.69) is 5.32 Å². The maximum atomic E-state index is 12.3. The van der Waals surface area contributed by atoms with Crippen molar-refractivity contribution in [1.29, 1.82) is 0 Å². The van der Waals surface area contributed by atoms with Crippen LogP contribution in [0.15, 0.2) is 29.2 Å². The van der Waals surface area contributed by atoms with E-state index < -0.39 is 12.6 Å². The maximum Gasteiger partial charge on any atom is 0.389 e. The highest BCUT2D eigenvalue weighted by Crippen LogP contribution is 2.31. The fourth-order valence-electron chi connectivity index (χ4n) is 1.88. The molecule has 0 spiro atoms. The van der Waals surface area contributed by atoms with E-state index in [0.717, 1.165) is 10.5 Å². The first-order valence-corrected chi connectivity index (χ1v) is 7.13. The lowest BCUT2D eigenvalue weighted by Crippen LogP contribution is -2.23. The van der Waals surface area contributed by atoms with Crippen molar-refractivity contribution in [2.24, 2.45) is 0 Å². The van der Waals surface area contributed by atoms with Gasteiger partial charge >= 0.3 is 6.18 Å². The van der Waals surface area contributed by atoms with Crippen LogP contribution in [0.5, 0.6) is 0 Å². The molecule has 18 heavy (non-hydrogen) atoms. The molecule has 0 aliphatic heterocycles. The predicted molar refractivity (Wildman–Crippen MR) is 69.9 cm³/mol. The Morgan fingerprint density at radius 3 is 2.50 bits per heavy atom. The Hall–Kier alpha value is -0.680. The van der Waals surface area contributed by atoms with E-state index in [1.807, 2.05) is 37.4 Å². The number of benzene rings is 1. The van der Waals surface area contributed by atoms with Gasteiger partial charge in [-0.05, 0) is 30.9 Å². The number of rotatable bonds is 6. The summed E-state index contributed by atoms with van der Waals surface area (Å²) in [5.41, 5.74) is 0.955. The summed E-state index contributed by atoms with van der Waals surface area (Å²) in [7, 11) is 0. The molecule has 1 aromatic rings. The van der Waals surface area contributed by atoms with Crippen LogP contribution in [0.25, 0.3) is 0 Å². The molecule has 0 saturated heterocycles. The van der Waals surface area contributed by atoms with Gasteiger partial charge in [0.05, 0.1) is 0 Å². The fourth-order valence-corrected chi connectivity index (χ4v) is 2.54. The van der Waals surface area contributed by atoms with Crippen LogP contribution < -0.4 is 5.32 Å². The molecule has 0 aliphatic carbocycles. The van der Waals surface area contributed by atoms with Crippen LogP contribution in [0.1, 0.15) is 31.4 Å². The molecule has 5 heteroatoms. The van der Waals surface area contributed by atoms with Crippen LogP contribution in [0.2, 0.25) is 0 Å². The third-order valence-electron chi connectivity index (χ3n) is 2.68. The molecular weight excluding hydrogens is 259 g/mol. The highest BCUT2D eigenvalue weighted by Gasteiger charge is 2.29. The molecule has 0 radical (unpaired) electrons. The summed E-state index contributed by atoms with van der Waals surface area (Å²) in [5.74, 6) is 0. The van der Waals surface area contributed by atoms with E-state index in [1.165, 1.54) is 0 Å². The minimum Gasteiger partial charge on any atom is -0.310 e. The van der Waals surface area contributed by atoms with Crippen molar-refractivity contribution in [3.05, 3.63) is 29.8 Å². The fraction of sp³-hybridized carbons (Fsp3) is 0.538. The van der Waals surface area contributed by atoms with Crippen LogP contribution in [0.4, 0.5) is 13.2 Å². The second kappa shape index (κ2) is 7.04. The van der Waals surface area contributed by atoms with E-state index in [1.54, 1.807) is 11.8 Å². The van der Waals surface area contributed by atoms with Crippen molar-refractivity contribution in [1.82, 2.24) is 5.32 Å². The lowest BCUT2D eigenvalue weighted by Gasteiger charge is -2.21. The SMILES string of the molecule is CCNC(CCC(F)(F)F)c1ccccc1SC. The molecule has 0 bridgehead atoms. The van der Waals surface area contributed by atoms with Crippen molar-refractivity contribution in [3.63, 3.8) is 0 Å². The van der Waals surface area contributed by atoms with E-state index in [4.69, 9.17) is 0 Å². The summed E-state index contributed by atoms with van der Waals surface area (Å²) in [6.07, 6.45) is -2.84. The minimum absolute atomic E-state index is 0.0783. The van der Waals surface area contributed by atoms with Gasteiger partial charge in [0, 0.05) is 17.4 Å². The van der Waals surface area contributed by atoms with Crippen LogP contribution in [0, 0.1) is 0 Å². The average Bonchev–Trinajstić information content (AvgIpc) is 2.33. The summed E-state index contributed by atoms with van der Waals surface area (Å²) >= 11 is 1.56. The highest BCUT2D eigenvalue weighted by molar-refractivity contribution is 7.98. The normalized spacial score (nSPS) is 13.6. The number of thioether (sulfide) groups is 1. The van der Waals surface area contributed by atoms with Gasteiger partial charge in [-0.15, -0.1) is 11.8 Å². The second-order valence-corrected chi connectivity index (χ2v) is 4.85. The number of hydrogen-bond acceptors (Lipinski definition) is 2. The zero-order chi connectivity index (χ0) is 13.6. The van der Waals surface area contributed by atoms with Crippen molar-refractivity contribution in [2.75, 3.05) is 12.8 Å². The Labute approximate surface area is 110 Å². The van der Waals surface area contributed by atoms with Gasteiger partial charge in [-0.25, -0.2) is 0 Å². The smallest absolute Gasteiger partial charge is 0.310 e. The molecule has 1 unspecified atom stereocenters. The monoisotopic (exact) mass is 277 g/mol. The minimum atomic E-state index is -4.10. The first-order valence-electron chi connectivity index (χ1n) is 5.91. The Bertz CT molecular complexity index is 365. The van der Waals surface area contributed by atoms with Crippen LogP contribution in [-0.2, 0) is 0 Å². The topological polar surface area (TPSA) is 12.0 Å². The molecule has 0 aromatic heterocycles. The third kappa shape index (κ3) is 4.90. The molecule has 0 fully saturated rings. The first kappa shape index (κ1) is 15.4. The van der Waals surface area contributed by atoms with Crippen LogP contribution >= 0.6 is 11.8 Å². The number of halogens is 3. The molecule has 1 nitrogen and oxygen atoms in total. The Morgan fingerprint density at radius 1 is 1.28 bits per heavy atom. The van der Waals surface area contributed by atoms with Crippen molar-refractivity contribution >= 4 is 11.8 Å². The summed E-state index contributed by atoms with van der Waals surface area (Å²) in [5, 5.41) is 3.13. The highest BCUT2D eigenvalue weighted by atomic mass is 32.2. The van der Waals surface area contributed by atoms with Crippen molar-refractivity contribution in [3.8, 4) is 0 Å². The number of hydrogen-bond donors (Lipinski definition) is 1. The lowest BCUT2D eigenvalue weighted by molar-refractivity contribution is -0.136. The molecular formula is C13H18F3NS. The van der Waals surface area contributed by atoms with Gasteiger partial charge in [0.2, 0.25) is 0 Å². The second-order valence-electron chi connectivity index (χ2n) is 4.01. The molecule has 1 rings (SSSR count). The summed E-state index contributed by atoms with van der Waals surface area (Å²) in [4.78, 5) is 1.03. The van der Waals surface area contributed by atoms with E-state index >= 15 is 0 Å². The standard InChI is InChI=1S/C13H18F3NS/c1-3-17-11(8-9-13(14,15)16)10-6-4-5-7-12(10)18-2/h4-7,11,17H,3,8-9H2,1-2H3. The van der Waals surface area contributed by atoms with Crippen molar-refractivity contribution < 1.29 is 13.2 Å². The predicted octanol–water partition coefficient (Wildman–Crippen LogP) is 4.40. The Balaban J connectivity index is 2.83. The quantitative estimate of drug-likeness (QED) is 0.773. The zero-order valence-electron chi connectivity index (χ0n) is 10.6. The maximum absolute atomic E-state index is 12.3. The van der Waals surface area contributed by atoms with Gasteiger partial charge in [0.25, 0.3) is 0 Å². The van der Waals surface area contributed by atoms with E-state index in [9.17, 15) is 13.2 Å². The molecule has 1 aromatic carbocycles. The van der Waals surface area contributed by atoms with Crippen molar-refractivity contribution in [2.45, 2.75) is 36.9 Å². The van der Waals surface area contributed by atoms with Gasteiger partial charge in [-0.3, -0.25) is 0 Å². The molecule has 1 atom stereocenters. The average molecular weight is 277 g/mol. The number of nitrogens with one attached hydrogen (secondary N) is 1. The van der Waals surface area contributed by atoms with Gasteiger partial charge in [0.15, 0.2) is 0 Å². The number of alkyl halides is 3. The molecule has 0 aliphatic rings. The molecule has 102 valence electrons. The molecule has 0 saturated carbocycles. The summed E-state index contributed by atoms with van der Waals surface area (Å²) in [6.45, 7) is 2.56. The van der Waals surface area contributed by atoms with E-state index in [0.29, 0.717) is 6.54 Å². The van der Waals surface area contributed by atoms with Gasteiger partial charge in [-0.1, -0.05) is 25.1 Å². The lowest BCUT2D eigenvalue weighted by atomic mass is 10.0. The summed E-state index contributed by atoms with van der Waals surface area (Å²) < 4.78 is 37.0. The zero-order valence-corrected chi connectivity index (χ0v) is 11.4.